The van der Waals surface area contributed by atoms with Gasteiger partial charge in [0.25, 0.3) is 5.91 Å². The lowest BCUT2D eigenvalue weighted by molar-refractivity contribution is -0.117. The first-order chi connectivity index (χ1) is 16.8. The first kappa shape index (κ1) is 24.6. The third-order valence-corrected chi connectivity index (χ3v) is 6.96. The molecule has 0 aliphatic carbocycles. The fraction of sp³-hybridized carbons (Fsp3) is 0.292. The number of ether oxygens (including phenoxy) is 1. The van der Waals surface area contributed by atoms with E-state index < -0.39 is 5.91 Å². The highest BCUT2D eigenvalue weighted by molar-refractivity contribution is 7.15. The minimum absolute atomic E-state index is 0.0373. The summed E-state index contributed by atoms with van der Waals surface area (Å²) in [7, 11) is 1.42. The topological polar surface area (TPSA) is 114 Å². The summed E-state index contributed by atoms with van der Waals surface area (Å²) in [4.78, 5) is 38.8. The van der Waals surface area contributed by atoms with Crippen LogP contribution in [0.4, 0.5) is 16.5 Å². The number of rotatable bonds is 7. The number of nitrogens with zero attached hydrogens (tertiary/aromatic N) is 3. The Kier molecular flexibility index (Phi) is 7.32. The normalized spacial score (nSPS) is 15.3. The highest BCUT2D eigenvalue weighted by Gasteiger charge is 2.34. The van der Waals surface area contributed by atoms with Gasteiger partial charge in [-0.2, -0.15) is 0 Å². The number of para-hydroxylation sites is 1. The quantitative estimate of drug-likeness (QED) is 0.481. The van der Waals surface area contributed by atoms with Crippen LogP contribution in [0.1, 0.15) is 47.1 Å². The molecule has 2 heterocycles. The molecule has 1 atom stereocenters. The van der Waals surface area contributed by atoms with Crippen LogP contribution in [0.5, 0.6) is 5.75 Å². The average molecular weight is 514 g/mol. The number of aromatic nitrogens is 2. The van der Waals surface area contributed by atoms with E-state index in [1.54, 1.807) is 4.90 Å². The minimum atomic E-state index is -0.484. The number of halogens is 1. The van der Waals surface area contributed by atoms with Crippen LogP contribution in [0.3, 0.4) is 0 Å². The molecule has 1 fully saturated rings. The van der Waals surface area contributed by atoms with E-state index in [2.05, 4.69) is 27.8 Å². The zero-order valence-electron chi connectivity index (χ0n) is 19.4. The molecule has 3 aromatic rings. The van der Waals surface area contributed by atoms with Crippen LogP contribution in [-0.4, -0.2) is 41.6 Å². The van der Waals surface area contributed by atoms with Crippen molar-refractivity contribution in [3.63, 3.8) is 0 Å². The number of amides is 3. The van der Waals surface area contributed by atoms with Crippen molar-refractivity contribution >= 4 is 57.2 Å². The predicted octanol–water partition coefficient (Wildman–Crippen LogP) is 4.49. The molecular weight excluding hydrogens is 490 g/mol. The van der Waals surface area contributed by atoms with Crippen molar-refractivity contribution in [1.82, 2.24) is 10.2 Å². The predicted molar refractivity (Wildman–Crippen MR) is 136 cm³/mol. The van der Waals surface area contributed by atoms with Crippen molar-refractivity contribution in [2.75, 3.05) is 29.2 Å². The number of hydrogen-bond donors (Lipinski definition) is 2. The van der Waals surface area contributed by atoms with E-state index in [9.17, 15) is 14.4 Å². The number of methoxy groups -OCH3 is 1. The van der Waals surface area contributed by atoms with Crippen LogP contribution in [0, 0.1) is 0 Å². The summed E-state index contributed by atoms with van der Waals surface area (Å²) < 4.78 is 5.31. The summed E-state index contributed by atoms with van der Waals surface area (Å²) in [5.74, 6) is -0.615. The molecule has 1 aliphatic heterocycles. The van der Waals surface area contributed by atoms with Gasteiger partial charge < -0.3 is 15.0 Å². The molecular formula is C24H24ClN5O4S. The second-order valence-corrected chi connectivity index (χ2v) is 9.42. The van der Waals surface area contributed by atoms with Gasteiger partial charge in [-0.25, -0.2) is 0 Å². The van der Waals surface area contributed by atoms with Gasteiger partial charge in [0.2, 0.25) is 16.9 Å². The first-order valence-corrected chi connectivity index (χ1v) is 12.2. The van der Waals surface area contributed by atoms with E-state index in [1.165, 1.54) is 37.5 Å². The minimum Gasteiger partial charge on any atom is -0.496 e. The molecule has 1 saturated heterocycles. The number of carbonyl (C=O) groups is 3. The van der Waals surface area contributed by atoms with E-state index in [0.29, 0.717) is 28.8 Å². The van der Waals surface area contributed by atoms with Gasteiger partial charge in [-0.15, -0.1) is 10.2 Å². The van der Waals surface area contributed by atoms with Crippen molar-refractivity contribution in [3.05, 3.63) is 57.6 Å². The monoisotopic (exact) mass is 513 g/mol. The van der Waals surface area contributed by atoms with Crippen molar-refractivity contribution < 1.29 is 19.1 Å². The Hall–Kier alpha value is -3.50. The van der Waals surface area contributed by atoms with Gasteiger partial charge in [0.1, 0.15) is 10.8 Å². The molecule has 1 unspecified atom stereocenters. The lowest BCUT2D eigenvalue weighted by atomic mass is 10.1. The molecule has 2 aromatic carbocycles. The van der Waals surface area contributed by atoms with Crippen LogP contribution in [0.2, 0.25) is 5.02 Å². The molecule has 2 N–H and O–H groups in total. The zero-order chi connectivity index (χ0) is 25.1. The van der Waals surface area contributed by atoms with Crippen LogP contribution in [0.15, 0.2) is 36.4 Å². The summed E-state index contributed by atoms with van der Waals surface area (Å²) in [5.41, 5.74) is 2.56. The van der Waals surface area contributed by atoms with Gasteiger partial charge in [-0.1, -0.05) is 48.1 Å². The van der Waals surface area contributed by atoms with Gasteiger partial charge >= 0.3 is 0 Å². The highest BCUT2D eigenvalue weighted by Crippen LogP contribution is 2.36. The maximum absolute atomic E-state index is 12.9. The van der Waals surface area contributed by atoms with Gasteiger partial charge in [-0.05, 0) is 24.1 Å². The number of carbonyl (C=O) groups excluding carboxylic acids is 3. The fourth-order valence-electron chi connectivity index (χ4n) is 3.98. The Balaban J connectivity index is 1.49. The van der Waals surface area contributed by atoms with Crippen molar-refractivity contribution in [1.29, 1.82) is 0 Å². The average Bonchev–Trinajstić information content (AvgIpc) is 3.46. The Morgan fingerprint density at radius 1 is 1.23 bits per heavy atom. The number of hydrogen-bond acceptors (Lipinski definition) is 7. The van der Waals surface area contributed by atoms with Crippen LogP contribution in [0.25, 0.3) is 0 Å². The number of benzene rings is 2. The maximum atomic E-state index is 12.9. The largest absolute Gasteiger partial charge is 0.496 e. The summed E-state index contributed by atoms with van der Waals surface area (Å²) in [6.45, 7) is 3.93. The molecule has 11 heteroatoms. The third kappa shape index (κ3) is 5.28. The molecule has 9 nitrogen and oxygen atoms in total. The van der Waals surface area contributed by atoms with E-state index in [0.717, 1.165) is 17.7 Å². The number of anilines is 3. The lowest BCUT2D eigenvalue weighted by Crippen LogP contribution is -2.25. The molecule has 0 bridgehead atoms. The van der Waals surface area contributed by atoms with Crippen LogP contribution >= 0.6 is 22.9 Å². The van der Waals surface area contributed by atoms with Crippen molar-refractivity contribution in [2.45, 2.75) is 32.6 Å². The summed E-state index contributed by atoms with van der Waals surface area (Å²) in [5, 5.41) is 14.8. The second-order valence-electron chi connectivity index (χ2n) is 8.00. The second kappa shape index (κ2) is 10.4. The molecule has 0 radical (unpaired) electrons. The van der Waals surface area contributed by atoms with Crippen LogP contribution in [-0.2, 0) is 16.0 Å². The molecule has 0 spiro atoms. The standard InChI is InChI=1S/C24H24ClN5O4S/c1-4-14-7-5-6-8-19(14)30-12-15(9-21(30)32)23-28-29-24(35-23)27-22(33)16-10-17(25)18(26-13(2)31)11-20(16)34-3/h5-8,10-11,15H,4,9,12H2,1-3H3,(H,26,31)(H,27,29,33). The lowest BCUT2D eigenvalue weighted by Gasteiger charge is -2.19. The molecule has 3 amide bonds. The third-order valence-electron chi connectivity index (χ3n) is 5.64. The van der Waals surface area contributed by atoms with Crippen LogP contribution < -0.4 is 20.3 Å². The summed E-state index contributed by atoms with van der Waals surface area (Å²) >= 11 is 7.45. The van der Waals surface area contributed by atoms with E-state index >= 15 is 0 Å². The molecule has 1 aromatic heterocycles. The summed E-state index contributed by atoms with van der Waals surface area (Å²) in [6, 6.07) is 10.8. The molecule has 182 valence electrons. The summed E-state index contributed by atoms with van der Waals surface area (Å²) in [6.07, 6.45) is 1.16. The van der Waals surface area contributed by atoms with Crippen molar-refractivity contribution in [3.8, 4) is 5.75 Å². The van der Waals surface area contributed by atoms with Crippen molar-refractivity contribution in [2.24, 2.45) is 0 Å². The Bertz CT molecular complexity index is 1290. The maximum Gasteiger partial charge on any atom is 0.261 e. The molecule has 4 rings (SSSR count). The molecule has 0 saturated carbocycles. The molecule has 35 heavy (non-hydrogen) atoms. The first-order valence-electron chi connectivity index (χ1n) is 11.0. The van der Waals surface area contributed by atoms with Gasteiger partial charge in [0, 0.05) is 37.6 Å². The van der Waals surface area contributed by atoms with Gasteiger partial charge in [0.05, 0.1) is 23.4 Å². The van der Waals surface area contributed by atoms with Gasteiger partial charge in [-0.3, -0.25) is 19.7 Å². The Morgan fingerprint density at radius 3 is 2.71 bits per heavy atom. The zero-order valence-corrected chi connectivity index (χ0v) is 21.0. The molecule has 1 aliphatic rings. The number of nitrogens with one attached hydrogen (secondary N) is 2. The fourth-order valence-corrected chi connectivity index (χ4v) is 5.02. The number of aryl methyl sites for hydroxylation is 1. The smallest absolute Gasteiger partial charge is 0.261 e. The van der Waals surface area contributed by atoms with E-state index in [4.69, 9.17) is 16.3 Å². The SMILES string of the molecule is CCc1ccccc1N1CC(c2nnc(NC(=O)c3cc(Cl)c(NC(C)=O)cc3OC)s2)CC1=O. The Morgan fingerprint density at radius 2 is 2.00 bits per heavy atom. The Labute approximate surface area is 211 Å². The highest BCUT2D eigenvalue weighted by atomic mass is 35.5. The van der Waals surface area contributed by atoms with E-state index in [-0.39, 0.29) is 34.1 Å². The van der Waals surface area contributed by atoms with E-state index in [1.807, 2.05) is 24.3 Å². The van der Waals surface area contributed by atoms with Gasteiger partial charge in [0.15, 0.2) is 0 Å².